The molecule has 11 rings (SSSR count). The first-order valence-electron chi connectivity index (χ1n) is 25.9. The summed E-state index contributed by atoms with van der Waals surface area (Å²) in [6, 6.07) is 24.8. The number of carbonyl (C=O) groups excluding carboxylic acids is 4. The minimum atomic E-state index is -0.851. The number of aromatic nitrogens is 4. The molecule has 4 aromatic carbocycles. The molecule has 0 aliphatic carbocycles. The first-order chi connectivity index (χ1) is 35.7. The van der Waals surface area contributed by atoms with Crippen LogP contribution in [-0.4, -0.2) is 92.9 Å². The van der Waals surface area contributed by atoms with Crippen LogP contribution in [0.25, 0.3) is 33.6 Å². The smallest absolute Gasteiger partial charge is 0.250 e. The van der Waals surface area contributed by atoms with E-state index in [0.29, 0.717) is 90.1 Å². The number of hydrogen-bond acceptors (Lipinski definition) is 10. The maximum Gasteiger partial charge on any atom is 0.250 e. The number of rotatable bonds is 15. The van der Waals surface area contributed by atoms with Gasteiger partial charge >= 0.3 is 0 Å². The number of nitrogens with zero attached hydrogens (tertiary/aromatic N) is 4. The number of ether oxygens (including phenoxy) is 4. The molecule has 16 nitrogen and oxygen atoms in total. The van der Waals surface area contributed by atoms with Gasteiger partial charge in [-0.25, -0.2) is 9.97 Å². The number of benzene rings is 4. The Bertz CT molecular complexity index is 2930. The highest BCUT2D eigenvalue weighted by Crippen LogP contribution is 2.51. The summed E-state index contributed by atoms with van der Waals surface area (Å²) in [6.45, 7) is 7.82. The Labute approximate surface area is 424 Å². The van der Waals surface area contributed by atoms with Crippen LogP contribution in [0.5, 0.6) is 11.5 Å². The Balaban J connectivity index is 0.807. The SMILES string of the molecule is CCCN(C(=O)[C@H](NC(=O)C1CCOCC1)c1ccccc1)[C@@H](C)c1ncc(-c2cc3c4c(c2)OCc2cc(-c5cnc([C@@H]6CCCN6C(=O)[C@H](NC(=O)C6CCOCC6)c6ccccc6)[nH]5)cc(c2-4)OC3)[nH]1. The average Bonchev–Trinajstić information content (AvgIpc) is 4.26. The van der Waals surface area contributed by atoms with Gasteiger partial charge in [0.15, 0.2) is 0 Å². The maximum atomic E-state index is 14.6. The molecule has 4 atom stereocenters. The van der Waals surface area contributed by atoms with Gasteiger partial charge in [0.25, 0.3) is 0 Å². The van der Waals surface area contributed by atoms with Gasteiger partial charge in [-0.1, -0.05) is 67.6 Å². The van der Waals surface area contributed by atoms with Gasteiger partial charge < -0.3 is 49.3 Å². The van der Waals surface area contributed by atoms with E-state index in [4.69, 9.17) is 28.9 Å². The second-order valence-corrected chi connectivity index (χ2v) is 19.8. The molecule has 378 valence electrons. The van der Waals surface area contributed by atoms with Crippen LogP contribution >= 0.6 is 0 Å². The van der Waals surface area contributed by atoms with Gasteiger partial charge in [0.05, 0.1) is 35.9 Å². The zero-order valence-corrected chi connectivity index (χ0v) is 41.4. The fourth-order valence-electron chi connectivity index (χ4n) is 11.2. The van der Waals surface area contributed by atoms with Crippen LogP contribution in [0, 0.1) is 11.8 Å². The molecular formula is C57H62N8O8. The van der Waals surface area contributed by atoms with Crippen molar-refractivity contribution in [1.82, 2.24) is 40.4 Å². The average molecular weight is 987 g/mol. The van der Waals surface area contributed by atoms with Crippen LogP contribution in [0.1, 0.15) is 117 Å². The second kappa shape index (κ2) is 21.0. The molecule has 7 heterocycles. The number of hydrogen-bond donors (Lipinski definition) is 4. The van der Waals surface area contributed by atoms with Crippen molar-refractivity contribution >= 4 is 23.6 Å². The minimum Gasteiger partial charge on any atom is -0.488 e. The van der Waals surface area contributed by atoms with Crippen LogP contribution in [0.3, 0.4) is 0 Å². The number of imidazole rings is 2. The Morgan fingerprint density at radius 2 is 1.23 bits per heavy atom. The highest BCUT2D eigenvalue weighted by atomic mass is 16.5. The molecule has 0 unspecified atom stereocenters. The summed E-state index contributed by atoms with van der Waals surface area (Å²) in [5.74, 6) is 1.84. The highest BCUT2D eigenvalue weighted by Gasteiger charge is 2.39. The van der Waals surface area contributed by atoms with E-state index in [1.165, 1.54) is 0 Å². The van der Waals surface area contributed by atoms with Crippen LogP contribution in [0.15, 0.2) is 97.3 Å². The van der Waals surface area contributed by atoms with Crippen molar-refractivity contribution in [1.29, 1.82) is 0 Å². The quantitative estimate of drug-likeness (QED) is 0.0776. The molecule has 4 N–H and O–H groups in total. The van der Waals surface area contributed by atoms with E-state index >= 15 is 0 Å². The van der Waals surface area contributed by atoms with Gasteiger partial charge in [-0.05, 0) is 87.3 Å². The molecule has 5 aliphatic rings. The van der Waals surface area contributed by atoms with E-state index in [0.717, 1.165) is 86.7 Å². The number of carbonyl (C=O) groups is 4. The zero-order valence-electron chi connectivity index (χ0n) is 41.4. The van der Waals surface area contributed by atoms with Crippen LogP contribution < -0.4 is 20.1 Å². The highest BCUT2D eigenvalue weighted by molar-refractivity contribution is 5.92. The molecule has 5 aliphatic heterocycles. The summed E-state index contributed by atoms with van der Waals surface area (Å²) in [5, 5.41) is 6.22. The fourth-order valence-corrected chi connectivity index (χ4v) is 11.2. The molecule has 3 saturated heterocycles. The molecule has 3 fully saturated rings. The third-order valence-corrected chi connectivity index (χ3v) is 15.2. The van der Waals surface area contributed by atoms with Crippen molar-refractivity contribution in [3.8, 4) is 45.1 Å². The maximum absolute atomic E-state index is 14.6. The van der Waals surface area contributed by atoms with Crippen LogP contribution in [-0.2, 0) is 41.9 Å². The first kappa shape index (κ1) is 48.0. The predicted molar refractivity (Wildman–Crippen MR) is 272 cm³/mol. The van der Waals surface area contributed by atoms with Crippen LogP contribution in [0.2, 0.25) is 0 Å². The lowest BCUT2D eigenvalue weighted by Gasteiger charge is -2.33. The third-order valence-electron chi connectivity index (χ3n) is 15.2. The van der Waals surface area contributed by atoms with Gasteiger partial charge in [-0.3, -0.25) is 19.2 Å². The molecule has 0 radical (unpaired) electrons. The van der Waals surface area contributed by atoms with Crippen molar-refractivity contribution in [3.63, 3.8) is 0 Å². The molecule has 16 heteroatoms. The molecule has 0 spiro atoms. The lowest BCUT2D eigenvalue weighted by molar-refractivity contribution is -0.140. The Hall–Kier alpha value is -7.30. The zero-order chi connectivity index (χ0) is 50.0. The summed E-state index contributed by atoms with van der Waals surface area (Å²) < 4.78 is 24.1. The van der Waals surface area contributed by atoms with Crippen molar-refractivity contribution in [3.05, 3.63) is 131 Å². The first-order valence-corrected chi connectivity index (χ1v) is 25.9. The van der Waals surface area contributed by atoms with Gasteiger partial charge in [-0.15, -0.1) is 0 Å². The summed E-state index contributed by atoms with van der Waals surface area (Å²) >= 11 is 0. The van der Waals surface area contributed by atoms with E-state index in [2.05, 4.69) is 32.7 Å². The molecule has 0 bridgehead atoms. The largest absolute Gasteiger partial charge is 0.488 e. The number of nitrogens with one attached hydrogen (secondary N) is 4. The number of likely N-dealkylation sites (tertiary alicyclic amines) is 1. The Morgan fingerprint density at radius 1 is 0.699 bits per heavy atom. The summed E-state index contributed by atoms with van der Waals surface area (Å²) in [6.07, 6.45) is 8.40. The fraction of sp³-hybridized carbons (Fsp3) is 0.404. The normalized spacial score (nSPS) is 18.7. The molecule has 4 amide bonds. The number of amides is 4. The lowest BCUT2D eigenvalue weighted by atomic mass is 9.87. The Kier molecular flexibility index (Phi) is 13.8. The molecule has 73 heavy (non-hydrogen) atoms. The topological polar surface area (TPSA) is 193 Å². The molecular weight excluding hydrogens is 925 g/mol. The summed E-state index contributed by atoms with van der Waals surface area (Å²) in [4.78, 5) is 76.5. The number of H-pyrrole nitrogens is 2. The third kappa shape index (κ3) is 9.73. The molecule has 2 aromatic heterocycles. The molecule has 6 aromatic rings. The van der Waals surface area contributed by atoms with Gasteiger partial charge in [0.1, 0.15) is 48.4 Å². The van der Waals surface area contributed by atoms with Gasteiger partial charge in [0.2, 0.25) is 23.6 Å². The van der Waals surface area contributed by atoms with Crippen LogP contribution in [0.4, 0.5) is 0 Å². The predicted octanol–water partition coefficient (Wildman–Crippen LogP) is 8.45. The van der Waals surface area contributed by atoms with E-state index in [-0.39, 0.29) is 41.5 Å². The van der Waals surface area contributed by atoms with E-state index in [1.807, 2.05) is 97.7 Å². The van der Waals surface area contributed by atoms with Crippen molar-refractivity contribution in [2.45, 2.75) is 96.2 Å². The summed E-state index contributed by atoms with van der Waals surface area (Å²) in [7, 11) is 0. The standard InChI is InChI=1S/C57H62N8O8/c1-3-20-64(56(68)50(35-11-6-4-7-12-35)62-54(66)37-16-22-70-23-17-37)34(2)52-58-30-43(60-52)39-26-41-32-73-47-29-40(27-42-33-72-46(28-39)48(41)49(42)47)44-31-59-53(61-44)45-15-10-21-65(45)57(69)51(36-13-8-5-9-14-36)63-55(67)38-18-24-71-25-19-38/h4-9,11-14,26-31,34,37-38,45,50-51H,3,10,15-25,32-33H2,1-2H3,(H,58,60)(H,59,61)(H,62,66)(H,63,67)/t34-,45-,50+,51+/m0/s1. The van der Waals surface area contributed by atoms with E-state index in [1.54, 1.807) is 11.1 Å². The van der Waals surface area contributed by atoms with Crippen molar-refractivity contribution < 1.29 is 38.1 Å². The second-order valence-electron chi connectivity index (χ2n) is 19.8. The Morgan fingerprint density at radius 3 is 1.81 bits per heavy atom. The number of aromatic amines is 2. The molecule has 0 saturated carbocycles. The minimum absolute atomic E-state index is 0.120. The van der Waals surface area contributed by atoms with Gasteiger partial charge in [-0.2, -0.15) is 0 Å². The monoisotopic (exact) mass is 986 g/mol. The summed E-state index contributed by atoms with van der Waals surface area (Å²) in [5.41, 5.74) is 8.82. The van der Waals surface area contributed by atoms with Crippen molar-refractivity contribution in [2.75, 3.05) is 39.5 Å². The van der Waals surface area contributed by atoms with Crippen molar-refractivity contribution in [2.24, 2.45) is 11.8 Å². The van der Waals surface area contributed by atoms with E-state index in [9.17, 15) is 19.2 Å². The van der Waals surface area contributed by atoms with E-state index < -0.39 is 18.1 Å². The van der Waals surface area contributed by atoms with Gasteiger partial charge in [0, 0.05) is 84.7 Å². The lowest BCUT2D eigenvalue weighted by Crippen LogP contribution is -2.46.